The Balaban J connectivity index is 1.75. The highest BCUT2D eigenvalue weighted by molar-refractivity contribution is 7.98. The molecule has 0 bridgehead atoms. The Labute approximate surface area is 170 Å². The number of nitrogens with zero attached hydrogens (tertiary/aromatic N) is 4. The second-order valence-electron chi connectivity index (χ2n) is 5.09. The Bertz CT molecular complexity index is 886. The molecule has 134 valence electrons. The van der Waals surface area contributed by atoms with E-state index in [0.29, 0.717) is 39.0 Å². The van der Waals surface area contributed by atoms with Gasteiger partial charge in [-0.1, -0.05) is 46.9 Å². The van der Waals surface area contributed by atoms with Crippen molar-refractivity contribution in [1.29, 1.82) is 0 Å². The lowest BCUT2D eigenvalue weighted by Gasteiger charge is -2.10. The number of halogens is 3. The summed E-state index contributed by atoms with van der Waals surface area (Å²) in [4.78, 5) is 8.44. The summed E-state index contributed by atoms with van der Waals surface area (Å²) in [7, 11) is 0. The van der Waals surface area contributed by atoms with Crippen molar-refractivity contribution in [1.82, 2.24) is 14.2 Å². The van der Waals surface area contributed by atoms with Gasteiger partial charge in [-0.3, -0.25) is 0 Å². The van der Waals surface area contributed by atoms with Crippen molar-refractivity contribution in [2.75, 3.05) is 5.75 Å². The smallest absolute Gasteiger partial charge is 0.201 e. The fourth-order valence-electron chi connectivity index (χ4n) is 1.95. The maximum Gasteiger partial charge on any atom is 0.201 e. The average Bonchev–Trinajstić information content (AvgIpc) is 3.14. The van der Waals surface area contributed by atoms with E-state index in [1.807, 2.05) is 24.3 Å². The predicted molar refractivity (Wildman–Crippen MR) is 108 cm³/mol. The van der Waals surface area contributed by atoms with Crippen LogP contribution in [0, 0.1) is 0 Å². The Kier molecular flexibility index (Phi) is 6.80. The van der Waals surface area contributed by atoms with Gasteiger partial charge in [0, 0.05) is 10.0 Å². The molecule has 0 aliphatic carbocycles. The lowest BCUT2D eigenvalue weighted by atomic mass is 10.2. The molecule has 9 heteroatoms. The van der Waals surface area contributed by atoms with Gasteiger partial charge in [0.1, 0.15) is 19.3 Å². The van der Waals surface area contributed by atoms with Crippen LogP contribution < -0.4 is 0 Å². The molecule has 0 amide bonds. The average molecular weight is 428 g/mol. The third kappa shape index (κ3) is 5.64. The monoisotopic (exact) mass is 426 g/mol. The third-order valence-corrected chi connectivity index (χ3v) is 4.81. The maximum absolute atomic E-state index is 6.21. The van der Waals surface area contributed by atoms with Crippen LogP contribution in [-0.4, -0.2) is 25.8 Å². The second kappa shape index (κ2) is 9.28. The first-order chi connectivity index (χ1) is 12.6. The lowest BCUT2D eigenvalue weighted by molar-refractivity contribution is 0.291. The van der Waals surface area contributed by atoms with Crippen molar-refractivity contribution in [2.24, 2.45) is 4.99 Å². The molecule has 0 unspecified atom stereocenters. The van der Waals surface area contributed by atoms with Crippen LogP contribution in [0.25, 0.3) is 0 Å². The largest absolute Gasteiger partial charge is 0.475 e. The first kappa shape index (κ1) is 19.0. The zero-order valence-electron chi connectivity index (χ0n) is 13.3. The normalized spacial score (nSPS) is 11.6. The van der Waals surface area contributed by atoms with Crippen LogP contribution in [-0.2, 0) is 11.3 Å². The van der Waals surface area contributed by atoms with E-state index in [0.717, 1.165) is 5.56 Å². The van der Waals surface area contributed by atoms with E-state index in [4.69, 9.17) is 39.5 Å². The van der Waals surface area contributed by atoms with Crippen LogP contribution in [0.4, 0.5) is 5.69 Å². The summed E-state index contributed by atoms with van der Waals surface area (Å²) in [6, 6.07) is 12.6. The first-order valence-corrected chi connectivity index (χ1v) is 9.55. The molecule has 0 aliphatic heterocycles. The van der Waals surface area contributed by atoms with Gasteiger partial charge >= 0.3 is 0 Å². The van der Waals surface area contributed by atoms with Crippen LogP contribution in [0.1, 0.15) is 5.56 Å². The van der Waals surface area contributed by atoms with E-state index in [1.165, 1.54) is 18.3 Å². The van der Waals surface area contributed by atoms with Crippen molar-refractivity contribution in [3.63, 3.8) is 0 Å². The molecule has 0 spiro atoms. The number of ether oxygens (including phenoxy) is 1. The van der Waals surface area contributed by atoms with Crippen molar-refractivity contribution >= 4 is 58.3 Å². The summed E-state index contributed by atoms with van der Waals surface area (Å²) in [5, 5.41) is 5.74. The van der Waals surface area contributed by atoms with E-state index in [1.54, 1.807) is 28.6 Å². The minimum atomic E-state index is 0.360. The molecule has 0 saturated heterocycles. The Morgan fingerprint density at radius 2 is 1.85 bits per heavy atom. The van der Waals surface area contributed by atoms with E-state index in [2.05, 4.69) is 15.1 Å². The standard InChI is InChI=1S/C17H13Cl3N4OS/c18-13-3-1-12(2-4-13)8-25-17(9-26-24-11-21-10-22-24)23-16-6-5-14(19)7-15(16)20/h1-7,10-11H,8-9H2/b23-17+. The highest BCUT2D eigenvalue weighted by atomic mass is 35.5. The van der Waals surface area contributed by atoms with E-state index < -0.39 is 0 Å². The highest BCUT2D eigenvalue weighted by Crippen LogP contribution is 2.28. The molecule has 1 aromatic heterocycles. The van der Waals surface area contributed by atoms with Gasteiger partial charge in [0.15, 0.2) is 0 Å². The molecule has 2 aromatic carbocycles. The molecule has 26 heavy (non-hydrogen) atoms. The summed E-state index contributed by atoms with van der Waals surface area (Å²) in [5.74, 6) is 0.959. The molecule has 0 aliphatic rings. The summed E-state index contributed by atoms with van der Waals surface area (Å²) >= 11 is 19.5. The van der Waals surface area contributed by atoms with Gasteiger partial charge in [0.2, 0.25) is 5.90 Å². The highest BCUT2D eigenvalue weighted by Gasteiger charge is 2.08. The summed E-state index contributed by atoms with van der Waals surface area (Å²) in [6.07, 6.45) is 3.07. The van der Waals surface area contributed by atoms with Crippen LogP contribution in [0.2, 0.25) is 15.1 Å². The van der Waals surface area contributed by atoms with Crippen molar-refractivity contribution < 1.29 is 4.74 Å². The van der Waals surface area contributed by atoms with Gasteiger partial charge in [0.05, 0.1) is 16.5 Å². The first-order valence-electron chi connectivity index (χ1n) is 7.48. The van der Waals surface area contributed by atoms with Crippen LogP contribution >= 0.6 is 46.8 Å². The molecular weight excluding hydrogens is 415 g/mol. The lowest BCUT2D eigenvalue weighted by Crippen LogP contribution is -2.09. The van der Waals surface area contributed by atoms with Gasteiger partial charge in [-0.25, -0.2) is 9.98 Å². The van der Waals surface area contributed by atoms with E-state index in [9.17, 15) is 0 Å². The topological polar surface area (TPSA) is 52.3 Å². The number of benzene rings is 2. The number of aliphatic imine (C=N–C) groups is 1. The molecular formula is C17H13Cl3N4OS. The fraction of sp³-hybridized carbons (Fsp3) is 0.118. The predicted octanol–water partition coefficient (Wildman–Crippen LogP) is 5.68. The van der Waals surface area contributed by atoms with E-state index >= 15 is 0 Å². The zero-order chi connectivity index (χ0) is 18.4. The van der Waals surface area contributed by atoms with Gasteiger partial charge in [-0.2, -0.15) is 4.09 Å². The molecule has 0 N–H and O–H groups in total. The molecule has 1 heterocycles. The van der Waals surface area contributed by atoms with Gasteiger partial charge in [-0.05, 0) is 47.8 Å². The molecule has 0 saturated carbocycles. The minimum absolute atomic E-state index is 0.360. The van der Waals surface area contributed by atoms with E-state index in [-0.39, 0.29) is 0 Å². The zero-order valence-corrected chi connectivity index (χ0v) is 16.4. The summed E-state index contributed by atoms with van der Waals surface area (Å²) < 4.78 is 7.52. The van der Waals surface area contributed by atoms with Crippen molar-refractivity contribution in [3.8, 4) is 0 Å². The molecule has 0 radical (unpaired) electrons. The van der Waals surface area contributed by atoms with Gasteiger partial charge < -0.3 is 4.74 Å². The molecule has 0 atom stereocenters. The van der Waals surface area contributed by atoms with Gasteiger partial charge in [0.25, 0.3) is 0 Å². The van der Waals surface area contributed by atoms with Crippen molar-refractivity contribution in [3.05, 3.63) is 75.8 Å². The Hall–Kier alpha value is -1.73. The molecule has 3 aromatic rings. The number of aromatic nitrogens is 3. The second-order valence-corrected chi connectivity index (χ2v) is 7.29. The fourth-order valence-corrected chi connectivity index (χ4v) is 3.14. The Morgan fingerprint density at radius 3 is 2.54 bits per heavy atom. The molecule has 3 rings (SSSR count). The molecule has 5 nitrogen and oxygen atoms in total. The summed E-state index contributed by atoms with van der Waals surface area (Å²) in [5.41, 5.74) is 1.57. The summed E-state index contributed by atoms with van der Waals surface area (Å²) in [6.45, 7) is 0.360. The van der Waals surface area contributed by atoms with Crippen LogP contribution in [0.5, 0.6) is 0 Å². The van der Waals surface area contributed by atoms with Crippen molar-refractivity contribution in [2.45, 2.75) is 6.61 Å². The van der Waals surface area contributed by atoms with Crippen LogP contribution in [0.15, 0.2) is 60.1 Å². The number of hydrogen-bond acceptors (Lipinski definition) is 5. The molecule has 0 fully saturated rings. The SMILES string of the molecule is Clc1ccc(CO/C(CSn2cncn2)=N/c2ccc(Cl)cc2Cl)cc1. The quantitative estimate of drug-likeness (QED) is 0.375. The van der Waals surface area contributed by atoms with Gasteiger partial charge in [-0.15, -0.1) is 5.10 Å². The third-order valence-electron chi connectivity index (χ3n) is 3.19. The Morgan fingerprint density at radius 1 is 1.08 bits per heavy atom. The minimum Gasteiger partial charge on any atom is -0.475 e. The maximum atomic E-state index is 6.21. The number of rotatable bonds is 6. The van der Waals surface area contributed by atoms with Crippen LogP contribution in [0.3, 0.4) is 0 Å². The number of hydrogen-bond donors (Lipinski definition) is 0.